The van der Waals surface area contributed by atoms with Gasteiger partial charge in [0.25, 0.3) is 0 Å². The van der Waals surface area contributed by atoms with Gasteiger partial charge in [0.1, 0.15) is 12.1 Å². The summed E-state index contributed by atoms with van der Waals surface area (Å²) in [6.07, 6.45) is 3.83. The minimum Gasteiger partial charge on any atom is -0.369 e. The van der Waals surface area contributed by atoms with Gasteiger partial charge in [-0.05, 0) is 19.8 Å². The summed E-state index contributed by atoms with van der Waals surface area (Å²) in [7, 11) is 0. The maximum atomic E-state index is 11.5. The Labute approximate surface area is 108 Å². The molecular weight excluding hydrogens is 228 g/mol. The first-order valence-electron chi connectivity index (χ1n) is 6.49. The molecule has 1 aromatic heterocycles. The molecule has 0 aliphatic heterocycles. The molecule has 0 fully saturated rings. The normalized spacial score (nSPS) is 11.9. The predicted molar refractivity (Wildman–Crippen MR) is 72.4 cm³/mol. The molecule has 1 rings (SSSR count). The van der Waals surface area contributed by atoms with Crippen molar-refractivity contribution in [1.29, 1.82) is 0 Å². The van der Waals surface area contributed by atoms with Crippen LogP contribution in [0.4, 0.5) is 5.82 Å². The monoisotopic (exact) mass is 250 g/mol. The van der Waals surface area contributed by atoms with Crippen LogP contribution < -0.4 is 10.6 Å². The summed E-state index contributed by atoms with van der Waals surface area (Å²) < 4.78 is 0. The fraction of sp³-hybridized carbons (Fsp3) is 0.615. The number of rotatable bonds is 7. The highest BCUT2D eigenvalue weighted by Crippen LogP contribution is 2.04. The number of carbonyl (C=O) groups excluding carboxylic acids is 1. The Balaban J connectivity index is 2.30. The summed E-state index contributed by atoms with van der Waals surface area (Å²) >= 11 is 0. The Morgan fingerprint density at radius 1 is 1.39 bits per heavy atom. The number of nitrogens with one attached hydrogen (secondary N) is 2. The van der Waals surface area contributed by atoms with E-state index in [0.717, 1.165) is 24.4 Å². The second-order valence-corrected chi connectivity index (χ2v) is 4.30. The van der Waals surface area contributed by atoms with Crippen LogP contribution in [0.25, 0.3) is 0 Å². The van der Waals surface area contributed by atoms with E-state index in [-0.39, 0.29) is 11.9 Å². The third kappa shape index (κ3) is 5.12. The first-order valence-corrected chi connectivity index (χ1v) is 6.49. The third-order valence-electron chi connectivity index (χ3n) is 2.76. The van der Waals surface area contributed by atoms with Gasteiger partial charge in [-0.1, -0.05) is 13.8 Å². The minimum atomic E-state index is 0.0709. The zero-order valence-corrected chi connectivity index (χ0v) is 11.4. The smallest absolute Gasteiger partial charge is 0.221 e. The van der Waals surface area contributed by atoms with Crippen molar-refractivity contribution >= 4 is 11.7 Å². The van der Waals surface area contributed by atoms with E-state index < -0.39 is 0 Å². The number of anilines is 1. The topological polar surface area (TPSA) is 66.9 Å². The van der Waals surface area contributed by atoms with E-state index in [1.54, 1.807) is 6.33 Å². The first-order chi connectivity index (χ1) is 8.65. The molecule has 18 heavy (non-hydrogen) atoms. The zero-order valence-electron chi connectivity index (χ0n) is 11.4. The lowest BCUT2D eigenvalue weighted by molar-refractivity contribution is -0.121. The van der Waals surface area contributed by atoms with Crippen LogP contribution in [0.2, 0.25) is 0 Å². The van der Waals surface area contributed by atoms with E-state index in [1.165, 1.54) is 0 Å². The predicted octanol–water partition coefficient (Wildman–Crippen LogP) is 1.76. The number of nitrogens with zero attached hydrogens (tertiary/aromatic N) is 2. The number of aromatic nitrogens is 2. The van der Waals surface area contributed by atoms with Crippen molar-refractivity contribution in [3.63, 3.8) is 0 Å². The van der Waals surface area contributed by atoms with Crippen molar-refractivity contribution in [2.45, 2.75) is 46.1 Å². The van der Waals surface area contributed by atoms with Gasteiger partial charge in [0.15, 0.2) is 0 Å². The Morgan fingerprint density at radius 3 is 2.83 bits per heavy atom. The molecule has 0 radical (unpaired) electrons. The van der Waals surface area contributed by atoms with Gasteiger partial charge in [0.05, 0.1) is 0 Å². The Bertz CT molecular complexity index is 381. The fourth-order valence-corrected chi connectivity index (χ4v) is 1.44. The third-order valence-corrected chi connectivity index (χ3v) is 2.76. The SMILES string of the molecule is CCc1cc(NCCC(=O)NC(C)CC)ncn1. The standard InChI is InChI=1S/C13H22N4O/c1-4-10(3)17-13(18)6-7-14-12-8-11(5-2)15-9-16-12/h8-10H,4-7H2,1-3H3,(H,17,18)(H,14,15,16). The average molecular weight is 250 g/mol. The Morgan fingerprint density at radius 2 is 2.17 bits per heavy atom. The Kier molecular flexibility index (Phi) is 6.11. The van der Waals surface area contributed by atoms with Crippen molar-refractivity contribution in [3.05, 3.63) is 18.1 Å². The number of aryl methyl sites for hydroxylation is 1. The molecule has 5 nitrogen and oxygen atoms in total. The lowest BCUT2D eigenvalue weighted by Gasteiger charge is -2.11. The van der Waals surface area contributed by atoms with E-state index in [4.69, 9.17) is 0 Å². The fourth-order valence-electron chi connectivity index (χ4n) is 1.44. The molecule has 1 aromatic rings. The molecular formula is C13H22N4O. The number of hydrogen-bond donors (Lipinski definition) is 2. The molecule has 2 N–H and O–H groups in total. The second-order valence-electron chi connectivity index (χ2n) is 4.30. The highest BCUT2D eigenvalue weighted by atomic mass is 16.1. The lowest BCUT2D eigenvalue weighted by Crippen LogP contribution is -2.33. The number of amides is 1. The van der Waals surface area contributed by atoms with E-state index in [0.29, 0.717) is 13.0 Å². The van der Waals surface area contributed by atoms with Gasteiger partial charge < -0.3 is 10.6 Å². The second kappa shape index (κ2) is 7.63. The summed E-state index contributed by atoms with van der Waals surface area (Å²) in [5.74, 6) is 0.847. The molecule has 5 heteroatoms. The molecule has 0 aliphatic rings. The van der Waals surface area contributed by atoms with Gasteiger partial charge in [-0.25, -0.2) is 9.97 Å². The molecule has 0 saturated heterocycles. The van der Waals surface area contributed by atoms with Gasteiger partial charge in [0, 0.05) is 30.8 Å². The molecule has 0 saturated carbocycles. The van der Waals surface area contributed by atoms with Crippen molar-refractivity contribution in [2.24, 2.45) is 0 Å². The van der Waals surface area contributed by atoms with E-state index >= 15 is 0 Å². The van der Waals surface area contributed by atoms with Crippen molar-refractivity contribution in [2.75, 3.05) is 11.9 Å². The van der Waals surface area contributed by atoms with Crippen LogP contribution in [-0.4, -0.2) is 28.5 Å². The van der Waals surface area contributed by atoms with E-state index in [2.05, 4.69) is 27.5 Å². The van der Waals surface area contributed by atoms with Crippen LogP contribution >= 0.6 is 0 Å². The van der Waals surface area contributed by atoms with Crippen LogP contribution in [0.5, 0.6) is 0 Å². The summed E-state index contributed by atoms with van der Waals surface area (Å²) in [6.45, 7) is 6.69. The number of hydrogen-bond acceptors (Lipinski definition) is 4. The van der Waals surface area contributed by atoms with Crippen LogP contribution in [0, 0.1) is 0 Å². The maximum Gasteiger partial charge on any atom is 0.221 e. The maximum absolute atomic E-state index is 11.5. The largest absolute Gasteiger partial charge is 0.369 e. The summed E-state index contributed by atoms with van der Waals surface area (Å²) in [4.78, 5) is 19.8. The molecule has 100 valence electrons. The molecule has 1 unspecified atom stereocenters. The first kappa shape index (κ1) is 14.4. The Hall–Kier alpha value is -1.65. The molecule has 1 atom stereocenters. The molecule has 1 heterocycles. The highest BCUT2D eigenvalue weighted by Gasteiger charge is 2.05. The average Bonchev–Trinajstić information content (AvgIpc) is 2.38. The van der Waals surface area contributed by atoms with E-state index in [1.807, 2.05) is 19.9 Å². The van der Waals surface area contributed by atoms with Gasteiger partial charge in [-0.3, -0.25) is 4.79 Å². The van der Waals surface area contributed by atoms with Crippen molar-refractivity contribution < 1.29 is 4.79 Å². The van der Waals surface area contributed by atoms with Crippen LogP contribution in [-0.2, 0) is 11.2 Å². The van der Waals surface area contributed by atoms with Gasteiger partial charge in [-0.2, -0.15) is 0 Å². The summed E-state index contributed by atoms with van der Waals surface area (Å²) in [5.41, 5.74) is 0.997. The van der Waals surface area contributed by atoms with Crippen LogP contribution in [0.15, 0.2) is 12.4 Å². The van der Waals surface area contributed by atoms with Crippen LogP contribution in [0.1, 0.15) is 39.3 Å². The van der Waals surface area contributed by atoms with Crippen molar-refractivity contribution in [3.8, 4) is 0 Å². The number of carbonyl (C=O) groups is 1. The summed E-state index contributed by atoms with van der Waals surface area (Å²) in [6, 6.07) is 2.15. The zero-order chi connectivity index (χ0) is 13.4. The van der Waals surface area contributed by atoms with Crippen LogP contribution in [0.3, 0.4) is 0 Å². The lowest BCUT2D eigenvalue weighted by atomic mass is 10.2. The minimum absolute atomic E-state index is 0.0709. The molecule has 1 amide bonds. The molecule has 0 aromatic carbocycles. The molecule has 0 aliphatic carbocycles. The molecule has 0 spiro atoms. The van der Waals surface area contributed by atoms with Gasteiger partial charge in [-0.15, -0.1) is 0 Å². The molecule has 0 bridgehead atoms. The van der Waals surface area contributed by atoms with Crippen molar-refractivity contribution in [1.82, 2.24) is 15.3 Å². The summed E-state index contributed by atoms with van der Waals surface area (Å²) in [5, 5.41) is 6.06. The van der Waals surface area contributed by atoms with Gasteiger partial charge in [0.2, 0.25) is 5.91 Å². The highest BCUT2D eigenvalue weighted by molar-refractivity contribution is 5.76. The van der Waals surface area contributed by atoms with E-state index in [9.17, 15) is 4.79 Å². The quantitative estimate of drug-likeness (QED) is 0.773. The van der Waals surface area contributed by atoms with Gasteiger partial charge >= 0.3 is 0 Å².